The molecule has 2 heteroatoms. The third kappa shape index (κ3) is 5.53. The first kappa shape index (κ1) is 26.2. The number of hydrogen-bond donors (Lipinski definition) is 2. The second-order valence-corrected chi connectivity index (χ2v) is 13.2. The van der Waals surface area contributed by atoms with Gasteiger partial charge in [0.05, 0.1) is 0 Å². The van der Waals surface area contributed by atoms with Gasteiger partial charge in [-0.2, -0.15) is 0 Å². The molecule has 0 bridgehead atoms. The van der Waals surface area contributed by atoms with Gasteiger partial charge in [-0.05, 0) is 90.5 Å². The summed E-state index contributed by atoms with van der Waals surface area (Å²) in [5, 5.41) is 13.3. The van der Waals surface area contributed by atoms with Crippen LogP contribution in [0.25, 0.3) is 21.5 Å². The molecule has 204 valence electrons. The van der Waals surface area contributed by atoms with Gasteiger partial charge in [0.2, 0.25) is 0 Å². The molecule has 0 aliphatic heterocycles. The predicted molar refractivity (Wildman–Crippen MR) is 169 cm³/mol. The first-order valence-corrected chi connectivity index (χ1v) is 15.4. The summed E-state index contributed by atoms with van der Waals surface area (Å²) >= 11 is 0. The number of benzene rings is 4. The average Bonchev–Trinajstić information content (AvgIpc) is 2.93. The molecule has 0 aromatic heterocycles. The Morgan fingerprint density at radius 2 is 0.846 bits per heavy atom. The maximum Gasteiger partial charge on any atom is 0.0422 e. The van der Waals surface area contributed by atoms with Gasteiger partial charge in [-0.25, -0.2) is 0 Å². The van der Waals surface area contributed by atoms with Crippen LogP contribution in [-0.4, -0.2) is 12.1 Å². The first-order valence-electron chi connectivity index (χ1n) is 15.4. The van der Waals surface area contributed by atoms with Crippen LogP contribution in [0.3, 0.4) is 0 Å². The minimum atomic E-state index is 0.547. The van der Waals surface area contributed by atoms with Crippen LogP contribution in [0, 0.1) is 35.5 Å². The molecule has 4 atom stereocenters. The molecular formula is C37H46N2. The van der Waals surface area contributed by atoms with Crippen molar-refractivity contribution in [3.05, 3.63) is 84.9 Å². The van der Waals surface area contributed by atoms with Crippen molar-refractivity contribution in [1.29, 1.82) is 0 Å². The molecule has 39 heavy (non-hydrogen) atoms. The van der Waals surface area contributed by atoms with Crippen molar-refractivity contribution in [1.82, 2.24) is 0 Å². The van der Waals surface area contributed by atoms with E-state index in [0.717, 1.165) is 11.8 Å². The summed E-state index contributed by atoms with van der Waals surface area (Å²) in [6, 6.07) is 32.0. The highest BCUT2D eigenvalue weighted by atomic mass is 14.9. The smallest absolute Gasteiger partial charge is 0.0422 e. The van der Waals surface area contributed by atoms with Gasteiger partial charge in [-0.1, -0.05) is 100 Å². The normalized spacial score (nSPS) is 31.3. The van der Waals surface area contributed by atoms with E-state index in [-0.39, 0.29) is 0 Å². The third-order valence-corrected chi connectivity index (χ3v) is 10.2. The quantitative estimate of drug-likeness (QED) is 0.265. The largest absolute Gasteiger partial charge is 0.381 e. The van der Waals surface area contributed by atoms with E-state index in [4.69, 9.17) is 0 Å². The molecule has 2 N–H and O–H groups in total. The monoisotopic (exact) mass is 518 g/mol. The van der Waals surface area contributed by atoms with Crippen LogP contribution < -0.4 is 10.6 Å². The van der Waals surface area contributed by atoms with Gasteiger partial charge in [0.15, 0.2) is 0 Å². The van der Waals surface area contributed by atoms with E-state index in [2.05, 4.69) is 123 Å². The van der Waals surface area contributed by atoms with Gasteiger partial charge in [-0.15, -0.1) is 0 Å². The molecular weight excluding hydrogens is 472 g/mol. The Labute approximate surface area is 235 Å². The van der Waals surface area contributed by atoms with Crippen LogP contribution in [0.5, 0.6) is 0 Å². The van der Waals surface area contributed by atoms with Gasteiger partial charge in [0, 0.05) is 34.2 Å². The second kappa shape index (κ2) is 11.2. The highest BCUT2D eigenvalue weighted by molar-refractivity contribution is 5.94. The summed E-state index contributed by atoms with van der Waals surface area (Å²) < 4.78 is 0. The van der Waals surface area contributed by atoms with E-state index >= 15 is 0 Å². The maximum absolute atomic E-state index is 4.00. The summed E-state index contributed by atoms with van der Waals surface area (Å²) in [6.07, 6.45) is 6.81. The molecule has 4 aromatic rings. The highest BCUT2D eigenvalue weighted by Crippen LogP contribution is 2.44. The van der Waals surface area contributed by atoms with E-state index in [1.807, 2.05) is 0 Å². The van der Waals surface area contributed by atoms with Crippen molar-refractivity contribution in [2.24, 2.45) is 35.5 Å². The van der Waals surface area contributed by atoms with Crippen molar-refractivity contribution in [2.75, 3.05) is 10.6 Å². The molecule has 0 saturated heterocycles. The van der Waals surface area contributed by atoms with E-state index in [9.17, 15) is 0 Å². The average molecular weight is 519 g/mol. The van der Waals surface area contributed by atoms with Crippen LogP contribution >= 0.6 is 0 Å². The lowest BCUT2D eigenvalue weighted by Gasteiger charge is -2.44. The second-order valence-electron chi connectivity index (χ2n) is 13.2. The van der Waals surface area contributed by atoms with E-state index in [0.29, 0.717) is 35.8 Å². The molecule has 6 rings (SSSR count). The molecule has 2 fully saturated rings. The molecule has 0 heterocycles. The Bertz CT molecular complexity index is 1270. The Hall–Kier alpha value is -3.00. The fraction of sp³-hybridized carbons (Fsp3) is 0.459. The molecule has 2 saturated carbocycles. The molecule has 0 radical (unpaired) electrons. The molecule has 4 aromatic carbocycles. The minimum Gasteiger partial charge on any atom is -0.381 e. The number of rotatable bonds is 6. The van der Waals surface area contributed by atoms with Crippen molar-refractivity contribution in [3.63, 3.8) is 0 Å². The van der Waals surface area contributed by atoms with Gasteiger partial charge in [0.25, 0.3) is 0 Å². The van der Waals surface area contributed by atoms with E-state index < -0.39 is 0 Å². The zero-order chi connectivity index (χ0) is 26.9. The molecule has 2 aliphatic carbocycles. The fourth-order valence-corrected chi connectivity index (χ4v) is 8.49. The van der Waals surface area contributed by atoms with Crippen LogP contribution in [0.15, 0.2) is 84.9 Å². The Kier molecular flexibility index (Phi) is 7.56. The Balaban J connectivity index is 1.07. The van der Waals surface area contributed by atoms with E-state index in [1.165, 1.54) is 65.0 Å². The van der Waals surface area contributed by atoms with Crippen molar-refractivity contribution < 1.29 is 0 Å². The highest BCUT2D eigenvalue weighted by Gasteiger charge is 2.38. The van der Waals surface area contributed by atoms with Crippen LogP contribution in [0.2, 0.25) is 0 Å². The molecule has 2 aliphatic rings. The lowest BCUT2D eigenvalue weighted by molar-refractivity contribution is 0.127. The SMILES string of the molecule is CC1CC(CC2CC(C)C(Nc3cccc4ccccc34)C(C)C2)CC(C)C1Nc1cccc2ccccc12. The predicted octanol–water partition coefficient (Wildman–Crippen LogP) is 10.0. The van der Waals surface area contributed by atoms with Crippen LogP contribution in [-0.2, 0) is 0 Å². The Morgan fingerprint density at radius 3 is 1.26 bits per heavy atom. The third-order valence-electron chi connectivity index (χ3n) is 10.2. The standard InChI is InChI=1S/C37H46N2/c1-24-19-28(20-25(2)36(24)38-34-17-9-13-30-11-5-7-15-32(30)34)23-29-21-26(3)37(27(4)22-29)39-35-18-10-14-31-12-6-8-16-33(31)35/h5-18,24-29,36-39H,19-23H2,1-4H3. The summed E-state index contributed by atoms with van der Waals surface area (Å²) in [5.41, 5.74) is 2.60. The zero-order valence-electron chi connectivity index (χ0n) is 24.2. The van der Waals surface area contributed by atoms with Crippen molar-refractivity contribution in [3.8, 4) is 0 Å². The molecule has 4 unspecified atom stereocenters. The van der Waals surface area contributed by atoms with Gasteiger partial charge in [-0.3, -0.25) is 0 Å². The van der Waals surface area contributed by atoms with Crippen molar-refractivity contribution in [2.45, 2.75) is 71.9 Å². The van der Waals surface area contributed by atoms with Gasteiger partial charge >= 0.3 is 0 Å². The summed E-state index contributed by atoms with van der Waals surface area (Å²) in [4.78, 5) is 0. The molecule has 2 nitrogen and oxygen atoms in total. The summed E-state index contributed by atoms with van der Waals surface area (Å²) in [5.74, 6) is 4.47. The van der Waals surface area contributed by atoms with Crippen LogP contribution in [0.4, 0.5) is 11.4 Å². The molecule has 0 amide bonds. The molecule has 0 spiro atoms. The number of anilines is 2. The van der Waals surface area contributed by atoms with Crippen molar-refractivity contribution >= 4 is 32.9 Å². The summed E-state index contributed by atoms with van der Waals surface area (Å²) in [7, 11) is 0. The maximum atomic E-state index is 4.00. The number of hydrogen-bond acceptors (Lipinski definition) is 2. The Morgan fingerprint density at radius 1 is 0.487 bits per heavy atom. The van der Waals surface area contributed by atoms with Gasteiger partial charge in [0.1, 0.15) is 0 Å². The lowest BCUT2D eigenvalue weighted by atomic mass is 9.66. The first-order chi connectivity index (χ1) is 19.0. The van der Waals surface area contributed by atoms with Crippen LogP contribution in [0.1, 0.15) is 59.8 Å². The lowest BCUT2D eigenvalue weighted by Crippen LogP contribution is -2.42. The minimum absolute atomic E-state index is 0.547. The summed E-state index contributed by atoms with van der Waals surface area (Å²) in [6.45, 7) is 9.95. The number of fused-ring (bicyclic) bond motifs is 2. The topological polar surface area (TPSA) is 24.1 Å². The van der Waals surface area contributed by atoms with E-state index in [1.54, 1.807) is 0 Å². The fourth-order valence-electron chi connectivity index (χ4n) is 8.49. The number of nitrogens with one attached hydrogen (secondary N) is 2. The van der Waals surface area contributed by atoms with Gasteiger partial charge < -0.3 is 10.6 Å². The zero-order valence-corrected chi connectivity index (χ0v) is 24.2.